The molecule has 0 aliphatic heterocycles. The molecule has 7 heteroatoms. The van der Waals surface area contributed by atoms with Crippen molar-refractivity contribution < 1.29 is 28.6 Å². The van der Waals surface area contributed by atoms with Gasteiger partial charge >= 0.3 is 17.9 Å². The molecule has 0 N–H and O–H groups in total. The number of rotatable bonds is 4. The minimum absolute atomic E-state index is 0.770. The number of carbonyl (C=O) groups excluding carboxylic acids is 3. The molecule has 0 spiro atoms. The molecule has 0 aromatic carbocycles. The number of esters is 3. The van der Waals surface area contributed by atoms with E-state index in [2.05, 4.69) is 30.1 Å². The lowest BCUT2D eigenvalue weighted by Crippen LogP contribution is -2.47. The largest absolute Gasteiger partial charge is 0.468 e. The minimum Gasteiger partial charge on any atom is -0.468 e. The first-order chi connectivity index (χ1) is 7.32. The topological polar surface area (TPSA) is 78.9 Å². The minimum atomic E-state index is -1.53. The van der Waals surface area contributed by atoms with Gasteiger partial charge in [0.25, 0.3) is 0 Å². The molecule has 0 rings (SSSR count). The zero-order valence-electron chi connectivity index (χ0n) is 9.40. The Balaban J connectivity index is 5.25. The van der Waals surface area contributed by atoms with Crippen LogP contribution in [-0.4, -0.2) is 43.6 Å². The zero-order chi connectivity index (χ0) is 12.9. The van der Waals surface area contributed by atoms with Crippen molar-refractivity contribution in [3.8, 4) is 0 Å². The lowest BCUT2D eigenvalue weighted by atomic mass is 9.94. The van der Waals surface area contributed by atoms with Gasteiger partial charge in [0.05, 0.1) is 21.3 Å². The summed E-state index contributed by atoms with van der Waals surface area (Å²) in [5.74, 6) is -3.95. The molecule has 1 unspecified atom stereocenters. The molecule has 0 aliphatic rings. The van der Waals surface area contributed by atoms with Gasteiger partial charge in [-0.2, -0.15) is 0 Å². The summed E-state index contributed by atoms with van der Waals surface area (Å²) in [6.07, 6.45) is 0. The van der Waals surface area contributed by atoms with Crippen LogP contribution in [0.2, 0.25) is 0 Å². The Morgan fingerprint density at radius 2 is 1.38 bits per heavy atom. The Morgan fingerprint density at radius 1 is 1.00 bits per heavy atom. The average Bonchev–Trinajstić information content (AvgIpc) is 2.26. The van der Waals surface area contributed by atoms with Gasteiger partial charge in [0, 0.05) is 0 Å². The van der Waals surface area contributed by atoms with Crippen LogP contribution in [0.25, 0.3) is 0 Å². The summed E-state index contributed by atoms with van der Waals surface area (Å²) in [4.78, 5) is 34.3. The van der Waals surface area contributed by atoms with Crippen molar-refractivity contribution in [2.45, 2.75) is 11.2 Å². The highest BCUT2D eigenvalue weighted by molar-refractivity contribution is 9.10. The summed E-state index contributed by atoms with van der Waals surface area (Å²) >= 11 is 2.98. The lowest BCUT2D eigenvalue weighted by Gasteiger charge is -2.25. The van der Waals surface area contributed by atoms with E-state index in [0.29, 0.717) is 0 Å². The van der Waals surface area contributed by atoms with E-state index in [0.717, 1.165) is 21.3 Å². The Labute approximate surface area is 101 Å². The molecule has 0 amide bonds. The summed E-state index contributed by atoms with van der Waals surface area (Å²) in [5.41, 5.74) is 0. The van der Waals surface area contributed by atoms with Gasteiger partial charge in [0.1, 0.15) is 4.32 Å². The van der Waals surface area contributed by atoms with E-state index >= 15 is 0 Å². The highest BCUT2D eigenvalue weighted by atomic mass is 79.9. The highest BCUT2D eigenvalue weighted by Gasteiger charge is 2.50. The molecule has 6 nitrogen and oxygen atoms in total. The van der Waals surface area contributed by atoms with E-state index in [4.69, 9.17) is 0 Å². The van der Waals surface area contributed by atoms with Gasteiger partial charge in [0.15, 0.2) is 5.92 Å². The van der Waals surface area contributed by atoms with Crippen molar-refractivity contribution in [2.75, 3.05) is 21.3 Å². The van der Waals surface area contributed by atoms with Crippen LogP contribution < -0.4 is 0 Å². The molecule has 0 bridgehead atoms. The fraction of sp³-hybridized carbons (Fsp3) is 0.667. The highest BCUT2D eigenvalue weighted by Crippen LogP contribution is 2.31. The van der Waals surface area contributed by atoms with Crippen LogP contribution in [0.15, 0.2) is 0 Å². The average molecular weight is 297 g/mol. The number of halogens is 1. The van der Waals surface area contributed by atoms with Gasteiger partial charge < -0.3 is 14.2 Å². The fourth-order valence-corrected chi connectivity index (χ4v) is 1.63. The first-order valence-corrected chi connectivity index (χ1v) is 5.05. The maximum absolute atomic E-state index is 11.4. The third-order valence-corrected chi connectivity index (χ3v) is 2.78. The molecule has 0 aromatic rings. The van der Waals surface area contributed by atoms with Crippen molar-refractivity contribution in [3.05, 3.63) is 0 Å². The molecule has 1 atom stereocenters. The number of hydrogen-bond acceptors (Lipinski definition) is 6. The summed E-state index contributed by atoms with van der Waals surface area (Å²) < 4.78 is 11.8. The molecule has 16 heavy (non-hydrogen) atoms. The Kier molecular flexibility index (Phi) is 5.43. The van der Waals surface area contributed by atoms with Gasteiger partial charge in [-0.05, 0) is 6.92 Å². The molecule has 0 aliphatic carbocycles. The number of methoxy groups -OCH3 is 3. The second-order valence-corrected chi connectivity index (χ2v) is 4.69. The monoisotopic (exact) mass is 296 g/mol. The standard InChI is InChI=1S/C9H13BrO6/c1-9(10,8(13)16-4)5(6(11)14-2)7(12)15-3/h5H,1-4H3. The third kappa shape index (κ3) is 2.94. The second-order valence-electron chi connectivity index (χ2n) is 3.05. The quantitative estimate of drug-likeness (QED) is 0.321. The predicted octanol–water partition coefficient (Wildman–Crippen LogP) is 0.275. The summed E-state index contributed by atoms with van der Waals surface area (Å²) in [5, 5.41) is 0. The molecular weight excluding hydrogens is 284 g/mol. The number of alkyl halides is 1. The van der Waals surface area contributed by atoms with Crippen LogP contribution >= 0.6 is 15.9 Å². The number of carbonyl (C=O) groups is 3. The van der Waals surface area contributed by atoms with E-state index < -0.39 is 28.2 Å². The van der Waals surface area contributed by atoms with Crippen LogP contribution in [0.5, 0.6) is 0 Å². The second kappa shape index (κ2) is 5.83. The summed E-state index contributed by atoms with van der Waals surface area (Å²) in [6, 6.07) is 0. The van der Waals surface area contributed by atoms with E-state index in [9.17, 15) is 14.4 Å². The van der Waals surface area contributed by atoms with Crippen molar-refractivity contribution in [1.29, 1.82) is 0 Å². The Hall–Kier alpha value is -1.11. The lowest BCUT2D eigenvalue weighted by molar-refractivity contribution is -0.165. The normalized spacial score (nSPS) is 13.9. The summed E-state index contributed by atoms with van der Waals surface area (Å²) in [7, 11) is 3.37. The smallest absolute Gasteiger partial charge is 0.323 e. The third-order valence-electron chi connectivity index (χ3n) is 2.00. The number of hydrogen-bond donors (Lipinski definition) is 0. The predicted molar refractivity (Wildman–Crippen MR) is 56.9 cm³/mol. The fourth-order valence-electron chi connectivity index (χ4n) is 1.09. The van der Waals surface area contributed by atoms with E-state index in [1.54, 1.807) is 0 Å². The van der Waals surface area contributed by atoms with E-state index in [-0.39, 0.29) is 0 Å². The Bertz CT molecular complexity index is 282. The molecule has 0 heterocycles. The van der Waals surface area contributed by atoms with Crippen LogP contribution in [0.3, 0.4) is 0 Å². The SMILES string of the molecule is COC(=O)C(C(=O)OC)C(C)(Br)C(=O)OC. The van der Waals surface area contributed by atoms with Gasteiger partial charge in [-0.3, -0.25) is 14.4 Å². The molecule has 0 fully saturated rings. The van der Waals surface area contributed by atoms with Crippen LogP contribution in [0, 0.1) is 5.92 Å². The maximum atomic E-state index is 11.4. The summed E-state index contributed by atoms with van der Waals surface area (Å²) in [6.45, 7) is 1.33. The van der Waals surface area contributed by atoms with E-state index in [1.807, 2.05) is 0 Å². The van der Waals surface area contributed by atoms with Crippen molar-refractivity contribution >= 4 is 33.8 Å². The van der Waals surface area contributed by atoms with Crippen LogP contribution in [-0.2, 0) is 28.6 Å². The van der Waals surface area contributed by atoms with Crippen molar-refractivity contribution in [3.63, 3.8) is 0 Å². The van der Waals surface area contributed by atoms with Gasteiger partial charge in [-0.1, -0.05) is 15.9 Å². The molecular formula is C9H13BrO6. The number of ether oxygens (including phenoxy) is 3. The Morgan fingerprint density at radius 3 is 1.62 bits per heavy atom. The first-order valence-electron chi connectivity index (χ1n) is 4.25. The molecule has 0 saturated carbocycles. The molecule has 92 valence electrons. The molecule has 0 saturated heterocycles. The van der Waals surface area contributed by atoms with Crippen molar-refractivity contribution in [1.82, 2.24) is 0 Å². The van der Waals surface area contributed by atoms with Gasteiger partial charge in [-0.25, -0.2) is 0 Å². The van der Waals surface area contributed by atoms with E-state index in [1.165, 1.54) is 6.92 Å². The maximum Gasteiger partial charge on any atom is 0.323 e. The first kappa shape index (κ1) is 14.9. The molecule has 0 aromatic heterocycles. The van der Waals surface area contributed by atoms with Crippen LogP contribution in [0.1, 0.15) is 6.92 Å². The zero-order valence-corrected chi connectivity index (χ0v) is 11.0. The van der Waals surface area contributed by atoms with Gasteiger partial charge in [0.2, 0.25) is 0 Å². The van der Waals surface area contributed by atoms with Gasteiger partial charge in [-0.15, -0.1) is 0 Å². The molecule has 0 radical (unpaired) electrons. The van der Waals surface area contributed by atoms with Crippen molar-refractivity contribution in [2.24, 2.45) is 5.92 Å². The van der Waals surface area contributed by atoms with Crippen LogP contribution in [0.4, 0.5) is 0 Å².